The Balaban J connectivity index is 1.11. The number of nitrogens with one attached hydrogen (secondary N) is 2. The number of nitrogens with zero attached hydrogens (tertiary/aromatic N) is 2. The molecule has 2 aliphatic rings. The van der Waals surface area contributed by atoms with Crippen molar-refractivity contribution in [1.82, 2.24) is 20.5 Å². The standard InChI is InChI=1S/C35H37BN4O6S/c1-21-30(47-20-38-21)23-12-10-22(11-13-23)18-37-33(43)27-17-26(41)19-40(27)34(44)31(35(2,3)4)39-32(42)24-14-15-28-29(16-24)46-36(45-28)25-8-6-5-7-9-25/h5-16,20,26-27,31,41H,17-19H2,1-4H3,(H,37,43)(H,39,42)/t26-,27+,31-/m1/s1. The highest BCUT2D eigenvalue weighted by molar-refractivity contribution is 7.13. The van der Waals surface area contributed by atoms with Crippen molar-refractivity contribution in [2.45, 2.75) is 58.8 Å². The van der Waals surface area contributed by atoms with Crippen LogP contribution in [0.3, 0.4) is 0 Å². The smallest absolute Gasteiger partial charge is 0.519 e. The molecule has 0 unspecified atom stereocenters. The van der Waals surface area contributed by atoms with Crippen molar-refractivity contribution < 1.29 is 28.8 Å². The van der Waals surface area contributed by atoms with Crippen molar-refractivity contribution in [3.8, 4) is 21.9 Å². The van der Waals surface area contributed by atoms with E-state index in [2.05, 4.69) is 15.6 Å². The van der Waals surface area contributed by atoms with Gasteiger partial charge in [0.25, 0.3) is 5.91 Å². The number of aromatic nitrogens is 1. The van der Waals surface area contributed by atoms with E-state index in [1.165, 1.54) is 4.90 Å². The number of benzene rings is 3. The number of aryl methyl sites for hydroxylation is 1. The van der Waals surface area contributed by atoms with Crippen LogP contribution in [0.5, 0.6) is 11.5 Å². The van der Waals surface area contributed by atoms with Crippen LogP contribution >= 0.6 is 11.3 Å². The van der Waals surface area contributed by atoms with E-state index in [1.807, 2.05) is 87.8 Å². The van der Waals surface area contributed by atoms with E-state index in [0.29, 0.717) is 17.1 Å². The average molecular weight is 653 g/mol. The number of hydrogen-bond acceptors (Lipinski definition) is 8. The second-order valence-electron chi connectivity index (χ2n) is 13.0. The molecule has 47 heavy (non-hydrogen) atoms. The van der Waals surface area contributed by atoms with Gasteiger partial charge in [-0.2, -0.15) is 0 Å². The molecule has 3 amide bonds. The number of hydrogen-bond donors (Lipinski definition) is 3. The molecule has 0 aliphatic carbocycles. The Morgan fingerprint density at radius 2 is 1.77 bits per heavy atom. The number of aliphatic hydroxyl groups is 1. The fraction of sp³-hybridized carbons (Fsp3) is 0.314. The van der Waals surface area contributed by atoms with Gasteiger partial charge in [0.05, 0.1) is 22.2 Å². The summed E-state index contributed by atoms with van der Waals surface area (Å²) < 4.78 is 11.9. The van der Waals surface area contributed by atoms with Crippen molar-refractivity contribution >= 4 is 41.6 Å². The molecule has 4 aromatic rings. The molecule has 3 N–H and O–H groups in total. The zero-order chi connectivity index (χ0) is 33.3. The summed E-state index contributed by atoms with van der Waals surface area (Å²) in [6.45, 7) is 7.77. The molecule has 0 saturated carbocycles. The van der Waals surface area contributed by atoms with E-state index < -0.39 is 42.5 Å². The summed E-state index contributed by atoms with van der Waals surface area (Å²) in [6, 6.07) is 20.4. The maximum absolute atomic E-state index is 14.0. The van der Waals surface area contributed by atoms with Crippen LogP contribution in [0.2, 0.25) is 0 Å². The molecule has 0 bridgehead atoms. The second kappa shape index (κ2) is 13.2. The number of carbonyl (C=O) groups is 3. The van der Waals surface area contributed by atoms with E-state index in [4.69, 9.17) is 9.31 Å². The number of β-amino-alcohol motifs (C(OH)–C–C–N with tert-alkyl or cyclic N) is 1. The molecule has 0 radical (unpaired) electrons. The molecular weight excluding hydrogens is 615 g/mol. The van der Waals surface area contributed by atoms with Gasteiger partial charge in [-0.15, -0.1) is 11.3 Å². The Labute approximate surface area is 278 Å². The topological polar surface area (TPSA) is 130 Å². The number of fused-ring (bicyclic) bond motifs is 1. The molecule has 3 atom stereocenters. The Hall–Kier alpha value is -4.68. The van der Waals surface area contributed by atoms with Crippen molar-refractivity contribution in [2.24, 2.45) is 5.41 Å². The van der Waals surface area contributed by atoms with Crippen LogP contribution in [0.4, 0.5) is 0 Å². The lowest BCUT2D eigenvalue weighted by Gasteiger charge is -2.35. The van der Waals surface area contributed by atoms with Gasteiger partial charge in [-0.05, 0) is 41.7 Å². The molecule has 10 nitrogen and oxygen atoms in total. The molecule has 1 aromatic heterocycles. The third-order valence-corrected chi connectivity index (χ3v) is 9.40. The molecule has 1 fully saturated rings. The quantitative estimate of drug-likeness (QED) is 0.248. The van der Waals surface area contributed by atoms with E-state index >= 15 is 0 Å². The van der Waals surface area contributed by atoms with Gasteiger partial charge in [0.15, 0.2) is 0 Å². The van der Waals surface area contributed by atoms with Crippen molar-refractivity contribution in [1.29, 1.82) is 0 Å². The minimum Gasteiger partial charge on any atom is -0.519 e. The summed E-state index contributed by atoms with van der Waals surface area (Å²) in [7, 11) is -0.620. The fourth-order valence-corrected chi connectivity index (χ4v) is 6.65. The number of aliphatic hydroxyl groups excluding tert-OH is 1. The maximum atomic E-state index is 14.0. The van der Waals surface area contributed by atoms with Crippen molar-refractivity contribution in [3.05, 3.63) is 95.1 Å². The number of rotatable bonds is 8. The van der Waals surface area contributed by atoms with E-state index in [-0.39, 0.29) is 25.4 Å². The number of amides is 3. The predicted octanol–water partition coefficient (Wildman–Crippen LogP) is 3.71. The molecule has 6 rings (SSSR count). The monoisotopic (exact) mass is 652 g/mol. The van der Waals surface area contributed by atoms with Gasteiger partial charge < -0.3 is 29.9 Å². The van der Waals surface area contributed by atoms with Crippen LogP contribution in [-0.4, -0.2) is 64.6 Å². The molecule has 0 spiro atoms. The molecule has 3 heterocycles. The SMILES string of the molecule is Cc1ncsc1-c1ccc(CNC(=O)[C@@H]2C[C@@H](O)CN2C(=O)[C@@H](NC(=O)c2ccc3c(c2)OB(c2ccccc2)O3)C(C)(C)C)cc1. The Kier molecular flexibility index (Phi) is 9.07. The van der Waals surface area contributed by atoms with Gasteiger partial charge in [-0.1, -0.05) is 75.4 Å². The Bertz CT molecular complexity index is 1770. The minimum absolute atomic E-state index is 0.00678. The van der Waals surface area contributed by atoms with Gasteiger partial charge in [0, 0.05) is 30.5 Å². The van der Waals surface area contributed by atoms with Crippen LogP contribution in [-0.2, 0) is 16.1 Å². The normalized spacial score (nSPS) is 17.8. The summed E-state index contributed by atoms with van der Waals surface area (Å²) in [5, 5.41) is 16.4. The predicted molar refractivity (Wildman–Crippen MR) is 180 cm³/mol. The van der Waals surface area contributed by atoms with Gasteiger partial charge >= 0.3 is 7.12 Å². The second-order valence-corrected chi connectivity index (χ2v) is 13.8. The van der Waals surface area contributed by atoms with Crippen LogP contribution in [0.1, 0.15) is 48.8 Å². The van der Waals surface area contributed by atoms with Crippen LogP contribution in [0.15, 0.2) is 78.3 Å². The van der Waals surface area contributed by atoms with Gasteiger partial charge in [0.2, 0.25) is 11.8 Å². The van der Waals surface area contributed by atoms with Crippen molar-refractivity contribution in [3.63, 3.8) is 0 Å². The van der Waals surface area contributed by atoms with Crippen molar-refractivity contribution in [2.75, 3.05) is 6.54 Å². The first-order valence-corrected chi connectivity index (χ1v) is 16.4. The zero-order valence-corrected chi connectivity index (χ0v) is 27.5. The third-order valence-electron chi connectivity index (χ3n) is 8.43. The molecule has 2 aliphatic heterocycles. The summed E-state index contributed by atoms with van der Waals surface area (Å²) >= 11 is 1.58. The van der Waals surface area contributed by atoms with Gasteiger partial charge in [-0.25, -0.2) is 4.98 Å². The maximum Gasteiger partial charge on any atom is 0.632 e. The lowest BCUT2D eigenvalue weighted by atomic mass is 9.79. The largest absolute Gasteiger partial charge is 0.632 e. The van der Waals surface area contributed by atoms with E-state index in [1.54, 1.807) is 29.5 Å². The highest BCUT2D eigenvalue weighted by Gasteiger charge is 2.44. The lowest BCUT2D eigenvalue weighted by Crippen LogP contribution is -2.57. The first kappa shape index (κ1) is 32.3. The summed E-state index contributed by atoms with van der Waals surface area (Å²) in [4.78, 5) is 47.7. The fourth-order valence-electron chi connectivity index (χ4n) is 5.83. The van der Waals surface area contributed by atoms with Crippen LogP contribution in [0, 0.1) is 12.3 Å². The lowest BCUT2D eigenvalue weighted by molar-refractivity contribution is -0.142. The summed E-state index contributed by atoms with van der Waals surface area (Å²) in [5.74, 6) is -0.315. The zero-order valence-electron chi connectivity index (χ0n) is 26.7. The minimum atomic E-state index is -0.971. The average Bonchev–Trinajstić information content (AvgIpc) is 3.79. The molecular formula is C35H37BN4O6S. The highest BCUT2D eigenvalue weighted by Crippen LogP contribution is 2.35. The van der Waals surface area contributed by atoms with E-state index in [9.17, 15) is 19.5 Å². The number of thiazole rings is 1. The van der Waals surface area contributed by atoms with Gasteiger partial charge in [-0.3, -0.25) is 14.4 Å². The number of carbonyl (C=O) groups excluding carboxylic acids is 3. The molecule has 242 valence electrons. The highest BCUT2D eigenvalue weighted by atomic mass is 32.1. The van der Waals surface area contributed by atoms with Gasteiger partial charge in [0.1, 0.15) is 23.6 Å². The first-order valence-electron chi connectivity index (χ1n) is 15.6. The molecule has 3 aromatic carbocycles. The number of likely N-dealkylation sites (tertiary alicyclic amines) is 1. The van der Waals surface area contributed by atoms with E-state index in [0.717, 1.165) is 27.2 Å². The molecule has 12 heteroatoms. The Morgan fingerprint density at radius 3 is 2.45 bits per heavy atom. The van der Waals surface area contributed by atoms with Crippen LogP contribution < -0.4 is 25.4 Å². The summed E-state index contributed by atoms with van der Waals surface area (Å²) in [5.41, 5.74) is 5.19. The molecule has 1 saturated heterocycles. The Morgan fingerprint density at radius 1 is 1.04 bits per heavy atom. The first-order chi connectivity index (χ1) is 22.5. The third kappa shape index (κ3) is 7.03. The summed E-state index contributed by atoms with van der Waals surface area (Å²) in [6.07, 6.45) is -0.754. The van der Waals surface area contributed by atoms with Crippen LogP contribution in [0.25, 0.3) is 10.4 Å².